The Balaban J connectivity index is 2.71. The summed E-state index contributed by atoms with van der Waals surface area (Å²) in [5.74, 6) is 0.557. The lowest BCUT2D eigenvalue weighted by Crippen LogP contribution is -2.28. The monoisotopic (exact) mass is 319 g/mol. The Morgan fingerprint density at radius 2 is 2.22 bits per heavy atom. The minimum Gasteiger partial charge on any atom is -0.444 e. The van der Waals surface area contributed by atoms with E-state index in [-0.39, 0.29) is 0 Å². The number of carbonyl (C=O) groups is 1. The maximum atomic E-state index is 11.7. The van der Waals surface area contributed by atoms with Crippen molar-refractivity contribution in [2.24, 2.45) is 0 Å². The van der Waals surface area contributed by atoms with Gasteiger partial charge in [0.15, 0.2) is 0 Å². The second-order valence-electron chi connectivity index (χ2n) is 4.68. The summed E-state index contributed by atoms with van der Waals surface area (Å²) in [6.45, 7) is 6.49. The van der Waals surface area contributed by atoms with E-state index >= 15 is 0 Å². The Hall–Kier alpha value is -1.08. The molecule has 0 atom stereocenters. The van der Waals surface area contributed by atoms with E-state index < -0.39 is 11.7 Å². The number of methoxy groups -OCH3 is 1. The van der Waals surface area contributed by atoms with E-state index in [0.29, 0.717) is 23.4 Å². The molecule has 18 heavy (non-hydrogen) atoms. The molecule has 0 aromatic carbocycles. The first kappa shape index (κ1) is 15.0. The van der Waals surface area contributed by atoms with E-state index in [2.05, 4.69) is 26.3 Å². The van der Waals surface area contributed by atoms with Crippen LogP contribution in [0, 0.1) is 0 Å². The van der Waals surface area contributed by atoms with Crippen LogP contribution in [-0.2, 0) is 16.0 Å². The maximum Gasteiger partial charge on any atom is 0.413 e. The van der Waals surface area contributed by atoms with Crippen molar-refractivity contribution in [2.45, 2.75) is 32.9 Å². The van der Waals surface area contributed by atoms with Crippen LogP contribution in [0.4, 0.5) is 10.6 Å². The normalized spacial score (nSPS) is 11.4. The van der Waals surface area contributed by atoms with Crippen LogP contribution >= 0.6 is 15.9 Å². The molecule has 0 aliphatic heterocycles. The number of ether oxygens (including phenoxy) is 2. The average Bonchev–Trinajstić information content (AvgIpc) is 2.55. The summed E-state index contributed by atoms with van der Waals surface area (Å²) >= 11 is 3.32. The minimum atomic E-state index is -0.534. The van der Waals surface area contributed by atoms with Crippen LogP contribution in [0.25, 0.3) is 0 Å². The van der Waals surface area contributed by atoms with Crippen LogP contribution in [0.5, 0.6) is 0 Å². The number of anilines is 1. The fourth-order valence-corrected chi connectivity index (χ4v) is 1.63. The van der Waals surface area contributed by atoms with Gasteiger partial charge in [-0.1, -0.05) is 0 Å². The highest BCUT2D eigenvalue weighted by Crippen LogP contribution is 2.22. The number of nitrogens with one attached hydrogen (secondary N) is 1. The molecule has 7 heteroatoms. The SMILES string of the molecule is COCCn1ncc(Br)c1NC(=O)OC(C)(C)C. The van der Waals surface area contributed by atoms with E-state index in [1.807, 2.05) is 20.8 Å². The van der Waals surface area contributed by atoms with Crippen molar-refractivity contribution in [2.75, 3.05) is 19.0 Å². The first-order valence-electron chi connectivity index (χ1n) is 5.53. The summed E-state index contributed by atoms with van der Waals surface area (Å²) in [7, 11) is 1.61. The van der Waals surface area contributed by atoms with Crippen molar-refractivity contribution in [3.63, 3.8) is 0 Å². The Bertz CT molecular complexity index is 412. The van der Waals surface area contributed by atoms with Crippen LogP contribution in [0.3, 0.4) is 0 Å². The minimum absolute atomic E-state index is 0.511. The second kappa shape index (κ2) is 6.19. The van der Waals surface area contributed by atoms with Crippen LogP contribution in [-0.4, -0.2) is 35.2 Å². The molecule has 1 amide bonds. The smallest absolute Gasteiger partial charge is 0.413 e. The van der Waals surface area contributed by atoms with Gasteiger partial charge >= 0.3 is 6.09 Å². The molecule has 0 unspecified atom stereocenters. The molecule has 0 fully saturated rings. The van der Waals surface area contributed by atoms with Gasteiger partial charge in [0.25, 0.3) is 0 Å². The van der Waals surface area contributed by atoms with Gasteiger partial charge in [0.05, 0.1) is 23.8 Å². The molecule has 1 N–H and O–H groups in total. The molecule has 6 nitrogen and oxygen atoms in total. The van der Waals surface area contributed by atoms with Crippen molar-refractivity contribution in [3.05, 3.63) is 10.7 Å². The molecule has 0 bridgehead atoms. The fraction of sp³-hybridized carbons (Fsp3) is 0.636. The lowest BCUT2D eigenvalue weighted by molar-refractivity contribution is 0.0634. The molecule has 1 rings (SSSR count). The van der Waals surface area contributed by atoms with Gasteiger partial charge in [0.2, 0.25) is 0 Å². The Morgan fingerprint density at radius 3 is 2.78 bits per heavy atom. The molecule has 1 aromatic heterocycles. The van der Waals surface area contributed by atoms with Crippen LogP contribution in [0.15, 0.2) is 10.7 Å². The first-order chi connectivity index (χ1) is 8.33. The summed E-state index contributed by atoms with van der Waals surface area (Å²) in [6, 6.07) is 0. The highest BCUT2D eigenvalue weighted by atomic mass is 79.9. The topological polar surface area (TPSA) is 65.4 Å². The van der Waals surface area contributed by atoms with Gasteiger partial charge in [-0.15, -0.1) is 0 Å². The van der Waals surface area contributed by atoms with Crippen molar-refractivity contribution < 1.29 is 14.3 Å². The predicted octanol–water partition coefficient (Wildman–Crippen LogP) is 2.64. The third-order valence-electron chi connectivity index (χ3n) is 1.92. The lowest BCUT2D eigenvalue weighted by atomic mass is 10.2. The Labute approximate surface area is 115 Å². The van der Waals surface area contributed by atoms with Crippen molar-refractivity contribution >= 4 is 27.8 Å². The molecule has 0 saturated carbocycles. The molecule has 0 spiro atoms. The molecule has 0 aliphatic rings. The number of amides is 1. The average molecular weight is 320 g/mol. The largest absolute Gasteiger partial charge is 0.444 e. The molecule has 0 saturated heterocycles. The van der Waals surface area contributed by atoms with E-state index in [9.17, 15) is 4.79 Å². The second-order valence-corrected chi connectivity index (χ2v) is 5.54. The van der Waals surface area contributed by atoms with E-state index in [0.717, 1.165) is 0 Å². The van der Waals surface area contributed by atoms with Crippen LogP contribution < -0.4 is 5.32 Å². The predicted molar refractivity (Wildman–Crippen MR) is 71.7 cm³/mol. The summed E-state index contributed by atoms with van der Waals surface area (Å²) in [4.78, 5) is 11.7. The van der Waals surface area contributed by atoms with Crippen LogP contribution in [0.2, 0.25) is 0 Å². The first-order valence-corrected chi connectivity index (χ1v) is 6.33. The van der Waals surface area contributed by atoms with Gasteiger partial charge in [0, 0.05) is 7.11 Å². The molecule has 1 heterocycles. The van der Waals surface area contributed by atoms with Gasteiger partial charge in [-0.2, -0.15) is 5.10 Å². The third kappa shape index (κ3) is 4.66. The van der Waals surface area contributed by atoms with Crippen molar-refractivity contribution in [1.82, 2.24) is 9.78 Å². The van der Waals surface area contributed by atoms with Gasteiger partial charge in [-0.3, -0.25) is 5.32 Å². The summed E-state index contributed by atoms with van der Waals surface area (Å²) in [5.41, 5.74) is -0.534. The number of hydrogen-bond acceptors (Lipinski definition) is 4. The lowest BCUT2D eigenvalue weighted by Gasteiger charge is -2.20. The third-order valence-corrected chi connectivity index (χ3v) is 2.50. The number of rotatable bonds is 4. The standard InChI is InChI=1S/C11H18BrN3O3/c1-11(2,3)18-10(16)14-9-8(12)7-13-15(9)5-6-17-4/h7H,5-6H2,1-4H3,(H,14,16). The van der Waals surface area contributed by atoms with Gasteiger partial charge in [-0.25, -0.2) is 9.48 Å². The number of hydrogen-bond donors (Lipinski definition) is 1. The molecular weight excluding hydrogens is 302 g/mol. The number of halogens is 1. The zero-order chi connectivity index (χ0) is 13.8. The maximum absolute atomic E-state index is 11.7. The zero-order valence-corrected chi connectivity index (χ0v) is 12.6. The van der Waals surface area contributed by atoms with E-state index in [1.165, 1.54) is 0 Å². The molecular formula is C11H18BrN3O3. The van der Waals surface area contributed by atoms with E-state index in [1.54, 1.807) is 18.0 Å². The zero-order valence-electron chi connectivity index (χ0n) is 11.0. The summed E-state index contributed by atoms with van der Waals surface area (Å²) in [5, 5.41) is 6.78. The summed E-state index contributed by atoms with van der Waals surface area (Å²) < 4.78 is 12.5. The highest BCUT2D eigenvalue weighted by Gasteiger charge is 2.19. The highest BCUT2D eigenvalue weighted by molar-refractivity contribution is 9.10. The number of nitrogens with zero attached hydrogens (tertiary/aromatic N) is 2. The molecule has 0 radical (unpaired) electrons. The van der Waals surface area contributed by atoms with Gasteiger partial charge in [-0.05, 0) is 36.7 Å². The summed E-state index contributed by atoms with van der Waals surface area (Å²) in [6.07, 6.45) is 1.10. The number of carbonyl (C=O) groups excluding carboxylic acids is 1. The Kier molecular flexibility index (Phi) is 5.15. The Morgan fingerprint density at radius 1 is 1.56 bits per heavy atom. The van der Waals surface area contributed by atoms with Crippen LogP contribution in [0.1, 0.15) is 20.8 Å². The van der Waals surface area contributed by atoms with Crippen molar-refractivity contribution in [1.29, 1.82) is 0 Å². The fourth-order valence-electron chi connectivity index (χ4n) is 1.23. The molecule has 0 aliphatic carbocycles. The van der Waals surface area contributed by atoms with Gasteiger partial charge < -0.3 is 9.47 Å². The van der Waals surface area contributed by atoms with E-state index in [4.69, 9.17) is 9.47 Å². The number of aromatic nitrogens is 2. The molecule has 102 valence electrons. The quantitative estimate of drug-likeness (QED) is 0.926. The van der Waals surface area contributed by atoms with Crippen molar-refractivity contribution in [3.8, 4) is 0 Å². The molecule has 1 aromatic rings. The van der Waals surface area contributed by atoms with Gasteiger partial charge in [0.1, 0.15) is 11.4 Å².